The molecule has 0 unspecified atom stereocenters. The summed E-state index contributed by atoms with van der Waals surface area (Å²) in [5.41, 5.74) is 11.7. The van der Waals surface area contributed by atoms with E-state index in [0.717, 1.165) is 0 Å². The van der Waals surface area contributed by atoms with Gasteiger partial charge in [-0.05, 0) is 74.5 Å². The van der Waals surface area contributed by atoms with Gasteiger partial charge in [0.05, 0.1) is 11.0 Å². The predicted octanol–water partition coefficient (Wildman–Crippen LogP) is 9.91. The van der Waals surface area contributed by atoms with Crippen molar-refractivity contribution in [1.82, 2.24) is 4.57 Å². The van der Waals surface area contributed by atoms with Crippen molar-refractivity contribution in [3.8, 4) is 27.9 Å². The Hall–Kier alpha value is -4.62. The van der Waals surface area contributed by atoms with Crippen molar-refractivity contribution in [3.63, 3.8) is 0 Å². The molecule has 1 heterocycles. The van der Waals surface area contributed by atoms with Crippen LogP contribution in [0.1, 0.15) is 25.0 Å². The molecule has 0 amide bonds. The molecule has 0 saturated carbocycles. The summed E-state index contributed by atoms with van der Waals surface area (Å²) in [6.07, 6.45) is 0. The minimum Gasteiger partial charge on any atom is -0.309 e. The van der Waals surface area contributed by atoms with Crippen molar-refractivity contribution in [3.05, 3.63) is 139 Å². The van der Waals surface area contributed by atoms with Gasteiger partial charge in [0.1, 0.15) is 0 Å². The molecule has 6 aromatic carbocycles. The van der Waals surface area contributed by atoms with Gasteiger partial charge in [0.25, 0.3) is 0 Å². The molecule has 180 valence electrons. The number of aromatic nitrogens is 1. The number of benzene rings is 6. The predicted molar refractivity (Wildman–Crippen MR) is 161 cm³/mol. The zero-order valence-electron chi connectivity index (χ0n) is 21.6. The van der Waals surface area contributed by atoms with Crippen molar-refractivity contribution in [2.45, 2.75) is 19.3 Å². The largest absolute Gasteiger partial charge is 0.309 e. The van der Waals surface area contributed by atoms with E-state index >= 15 is 0 Å². The first-order valence-corrected chi connectivity index (χ1v) is 13.4. The maximum absolute atomic E-state index is 2.44. The van der Waals surface area contributed by atoms with Gasteiger partial charge >= 0.3 is 0 Å². The van der Waals surface area contributed by atoms with Crippen molar-refractivity contribution in [1.29, 1.82) is 0 Å². The van der Waals surface area contributed by atoms with E-state index in [1.807, 2.05) is 0 Å². The Morgan fingerprint density at radius 3 is 1.97 bits per heavy atom. The highest BCUT2D eigenvalue weighted by Crippen LogP contribution is 2.50. The summed E-state index contributed by atoms with van der Waals surface area (Å²) in [6, 6.07) is 46.8. The average molecular weight is 486 g/mol. The van der Waals surface area contributed by atoms with Crippen molar-refractivity contribution < 1.29 is 0 Å². The van der Waals surface area contributed by atoms with E-state index in [4.69, 9.17) is 0 Å². The number of hydrogen-bond acceptors (Lipinski definition) is 0. The topological polar surface area (TPSA) is 4.93 Å². The van der Waals surface area contributed by atoms with E-state index in [1.165, 1.54) is 71.6 Å². The lowest BCUT2D eigenvalue weighted by atomic mass is 9.81. The Morgan fingerprint density at radius 1 is 0.474 bits per heavy atom. The monoisotopic (exact) mass is 485 g/mol. The van der Waals surface area contributed by atoms with Crippen LogP contribution in [-0.2, 0) is 5.41 Å². The fourth-order valence-corrected chi connectivity index (χ4v) is 6.80. The number of nitrogens with zero attached hydrogens (tertiary/aromatic N) is 1. The summed E-state index contributed by atoms with van der Waals surface area (Å²) in [4.78, 5) is 0. The summed E-state index contributed by atoms with van der Waals surface area (Å²) in [5.74, 6) is 0. The second-order valence-corrected chi connectivity index (χ2v) is 11.0. The third kappa shape index (κ3) is 2.82. The highest BCUT2D eigenvalue weighted by Gasteiger charge is 2.35. The molecule has 7 aromatic rings. The quantitative estimate of drug-likeness (QED) is 0.230. The lowest BCUT2D eigenvalue weighted by Crippen LogP contribution is -2.14. The smallest absolute Gasteiger partial charge is 0.0553 e. The van der Waals surface area contributed by atoms with Gasteiger partial charge < -0.3 is 4.57 Å². The van der Waals surface area contributed by atoms with Crippen LogP contribution in [0.2, 0.25) is 0 Å². The Balaban J connectivity index is 1.48. The van der Waals surface area contributed by atoms with Crippen LogP contribution in [0, 0.1) is 0 Å². The van der Waals surface area contributed by atoms with Gasteiger partial charge in [-0.3, -0.25) is 0 Å². The lowest BCUT2D eigenvalue weighted by Gasteiger charge is -2.22. The zero-order chi connectivity index (χ0) is 25.4. The Bertz CT molecular complexity index is 2040. The molecule has 1 heteroatoms. The van der Waals surface area contributed by atoms with Crippen molar-refractivity contribution in [2.75, 3.05) is 0 Å². The number of hydrogen-bond donors (Lipinski definition) is 0. The highest BCUT2D eigenvalue weighted by atomic mass is 15.0. The first-order chi connectivity index (χ1) is 18.6. The van der Waals surface area contributed by atoms with E-state index in [1.54, 1.807) is 0 Å². The summed E-state index contributed by atoms with van der Waals surface area (Å²) in [7, 11) is 0. The van der Waals surface area contributed by atoms with Crippen LogP contribution in [0.5, 0.6) is 0 Å². The molecule has 1 nitrogen and oxygen atoms in total. The third-order valence-electron chi connectivity index (χ3n) is 8.59. The van der Waals surface area contributed by atoms with Crippen LogP contribution in [0.3, 0.4) is 0 Å². The fraction of sp³-hybridized carbons (Fsp3) is 0.0811. The molecular weight excluding hydrogens is 458 g/mol. The van der Waals surface area contributed by atoms with E-state index in [9.17, 15) is 0 Å². The van der Waals surface area contributed by atoms with E-state index in [0.29, 0.717) is 0 Å². The molecule has 0 radical (unpaired) electrons. The third-order valence-corrected chi connectivity index (χ3v) is 8.59. The van der Waals surface area contributed by atoms with E-state index < -0.39 is 0 Å². The number of rotatable bonds is 2. The van der Waals surface area contributed by atoms with Gasteiger partial charge in [0.15, 0.2) is 0 Å². The van der Waals surface area contributed by atoms with E-state index in [-0.39, 0.29) is 5.41 Å². The van der Waals surface area contributed by atoms with Crippen LogP contribution in [-0.4, -0.2) is 4.57 Å². The molecule has 0 saturated heterocycles. The maximum Gasteiger partial charge on any atom is 0.0553 e. The standard InChI is InChI=1S/C37H27N/c1-37(2)32-18-10-8-15-27(32)28-21-20-24(22-33(28)37)31-23-35-36(29-16-7-6-14-26(29)31)30-17-9-11-19-34(30)38(35)25-12-4-3-5-13-25/h3-23H,1-2H3. The molecular formula is C37H27N. The van der Waals surface area contributed by atoms with Crippen molar-refractivity contribution >= 4 is 32.6 Å². The highest BCUT2D eigenvalue weighted by molar-refractivity contribution is 6.24. The minimum absolute atomic E-state index is 0.0270. The van der Waals surface area contributed by atoms with Crippen molar-refractivity contribution in [2.24, 2.45) is 0 Å². The molecule has 0 N–H and O–H groups in total. The zero-order valence-corrected chi connectivity index (χ0v) is 21.6. The van der Waals surface area contributed by atoms with Gasteiger partial charge in [0.2, 0.25) is 0 Å². The molecule has 0 spiro atoms. The van der Waals surface area contributed by atoms with Gasteiger partial charge in [-0.15, -0.1) is 0 Å². The van der Waals surface area contributed by atoms with Crippen LogP contribution in [0.4, 0.5) is 0 Å². The Morgan fingerprint density at radius 2 is 1.13 bits per heavy atom. The minimum atomic E-state index is -0.0270. The van der Waals surface area contributed by atoms with E-state index in [2.05, 4.69) is 146 Å². The normalized spacial score (nSPS) is 13.7. The molecule has 1 aromatic heterocycles. The second kappa shape index (κ2) is 7.69. The van der Waals surface area contributed by atoms with Gasteiger partial charge in [-0.25, -0.2) is 0 Å². The van der Waals surface area contributed by atoms with Gasteiger partial charge in [-0.1, -0.05) is 111 Å². The molecule has 1 aliphatic rings. The van der Waals surface area contributed by atoms with Crippen LogP contribution in [0.25, 0.3) is 60.5 Å². The average Bonchev–Trinajstić information content (AvgIpc) is 3.42. The molecule has 0 atom stereocenters. The maximum atomic E-state index is 2.44. The second-order valence-electron chi connectivity index (χ2n) is 11.0. The molecule has 0 aliphatic heterocycles. The van der Waals surface area contributed by atoms with Crippen LogP contribution >= 0.6 is 0 Å². The summed E-state index contributed by atoms with van der Waals surface area (Å²) in [6.45, 7) is 4.71. The molecule has 8 rings (SSSR count). The number of para-hydroxylation sites is 2. The molecule has 0 fully saturated rings. The molecule has 38 heavy (non-hydrogen) atoms. The molecule has 1 aliphatic carbocycles. The summed E-state index contributed by atoms with van der Waals surface area (Å²) < 4.78 is 2.42. The summed E-state index contributed by atoms with van der Waals surface area (Å²) in [5, 5.41) is 5.20. The Labute approximate surface area is 222 Å². The first kappa shape index (κ1) is 21.5. The van der Waals surface area contributed by atoms with Gasteiger partial charge in [-0.2, -0.15) is 0 Å². The molecule has 0 bridgehead atoms. The Kier molecular flexibility index (Phi) is 4.35. The fourth-order valence-electron chi connectivity index (χ4n) is 6.80. The lowest BCUT2D eigenvalue weighted by molar-refractivity contribution is 0.660. The summed E-state index contributed by atoms with van der Waals surface area (Å²) >= 11 is 0. The number of fused-ring (bicyclic) bond motifs is 8. The SMILES string of the molecule is CC1(C)c2ccccc2-c2ccc(-c3cc4c(c5ccccc35)c3ccccc3n4-c3ccccc3)cc21. The van der Waals surface area contributed by atoms with Crippen LogP contribution in [0.15, 0.2) is 127 Å². The van der Waals surface area contributed by atoms with Gasteiger partial charge in [0, 0.05) is 21.9 Å². The van der Waals surface area contributed by atoms with Crippen LogP contribution < -0.4 is 0 Å². The first-order valence-electron chi connectivity index (χ1n) is 13.4.